The molecule has 2 heterocycles. The molecule has 0 radical (unpaired) electrons. The van der Waals surface area contributed by atoms with Crippen LogP contribution in [0.2, 0.25) is 0 Å². The Balaban J connectivity index is 1.70. The summed E-state index contributed by atoms with van der Waals surface area (Å²) in [5, 5.41) is 14.7. The number of nitrogens with one attached hydrogen (secondary N) is 1. The van der Waals surface area contributed by atoms with Gasteiger partial charge < -0.3 is 5.32 Å². The molecule has 1 amide bonds. The molecule has 1 N–H and O–H groups in total. The maximum atomic E-state index is 12.4. The van der Waals surface area contributed by atoms with E-state index in [1.807, 2.05) is 12.1 Å². The molecule has 0 unspecified atom stereocenters. The summed E-state index contributed by atoms with van der Waals surface area (Å²) < 4.78 is 2.11. The number of rotatable bonds is 7. The van der Waals surface area contributed by atoms with Crippen LogP contribution >= 0.6 is 23.1 Å². The molecule has 3 rings (SSSR count). The molecular formula is C22H28N4OS2. The highest BCUT2D eigenvalue weighted by Gasteiger charge is 2.20. The Bertz CT molecular complexity index is 987. The summed E-state index contributed by atoms with van der Waals surface area (Å²) >= 11 is 3.15. The Hall–Kier alpha value is -2.12. The minimum absolute atomic E-state index is 0.0466. The van der Waals surface area contributed by atoms with Crippen LogP contribution < -0.4 is 5.32 Å². The van der Waals surface area contributed by atoms with Gasteiger partial charge in [0.25, 0.3) is 0 Å². The van der Waals surface area contributed by atoms with Crippen LogP contribution in [0.3, 0.4) is 0 Å². The van der Waals surface area contributed by atoms with Gasteiger partial charge in [-0.05, 0) is 56.9 Å². The molecule has 2 aromatic heterocycles. The largest absolute Gasteiger partial charge is 0.325 e. The number of anilines is 1. The first-order chi connectivity index (χ1) is 13.8. The van der Waals surface area contributed by atoms with Gasteiger partial charge in [0.05, 0.1) is 5.75 Å². The molecule has 0 saturated heterocycles. The molecule has 1 aromatic carbocycles. The van der Waals surface area contributed by atoms with Crippen molar-refractivity contribution in [2.75, 3.05) is 11.1 Å². The number of thiophene rings is 1. The zero-order valence-electron chi connectivity index (χ0n) is 17.8. The molecule has 7 heteroatoms. The number of amides is 1. The van der Waals surface area contributed by atoms with Gasteiger partial charge >= 0.3 is 0 Å². The van der Waals surface area contributed by atoms with E-state index >= 15 is 0 Å². The first kappa shape index (κ1) is 21.6. The van der Waals surface area contributed by atoms with Crippen molar-refractivity contribution in [2.45, 2.75) is 58.7 Å². The Labute approximate surface area is 180 Å². The number of hydrogen-bond donors (Lipinski definition) is 1. The first-order valence-corrected chi connectivity index (χ1v) is 11.7. The zero-order chi connectivity index (χ0) is 21.1. The highest BCUT2D eigenvalue weighted by molar-refractivity contribution is 7.99. The quantitative estimate of drug-likeness (QED) is 0.465. The van der Waals surface area contributed by atoms with E-state index in [4.69, 9.17) is 0 Å². The third kappa shape index (κ3) is 4.90. The lowest BCUT2D eigenvalue weighted by Gasteiger charge is -2.14. The Morgan fingerprint density at radius 3 is 2.38 bits per heavy atom. The fourth-order valence-corrected chi connectivity index (χ4v) is 4.77. The normalized spacial score (nSPS) is 11.4. The van der Waals surface area contributed by atoms with Gasteiger partial charge in [-0.15, -0.1) is 21.5 Å². The molecule has 0 aliphatic rings. The van der Waals surface area contributed by atoms with Crippen molar-refractivity contribution in [3.8, 4) is 11.4 Å². The lowest BCUT2D eigenvalue weighted by Crippen LogP contribution is -2.15. The van der Waals surface area contributed by atoms with E-state index in [1.54, 1.807) is 11.3 Å². The van der Waals surface area contributed by atoms with Gasteiger partial charge in [-0.3, -0.25) is 9.36 Å². The number of aryl methyl sites for hydroxylation is 1. The summed E-state index contributed by atoms with van der Waals surface area (Å²) in [4.78, 5) is 13.7. The third-order valence-corrected chi connectivity index (χ3v) is 6.86. The number of thioether (sulfide) groups is 1. The maximum Gasteiger partial charge on any atom is 0.234 e. The second-order valence-corrected chi connectivity index (χ2v) is 9.74. The Morgan fingerprint density at radius 2 is 1.83 bits per heavy atom. The van der Waals surface area contributed by atoms with Crippen molar-refractivity contribution in [3.05, 3.63) is 45.6 Å². The molecule has 29 heavy (non-hydrogen) atoms. The fourth-order valence-electron chi connectivity index (χ4n) is 3.04. The number of carbonyl (C=O) groups excluding carboxylic acids is 1. The van der Waals surface area contributed by atoms with E-state index in [2.05, 4.69) is 79.1 Å². The average Bonchev–Trinajstić information content (AvgIpc) is 3.24. The zero-order valence-corrected chi connectivity index (χ0v) is 19.4. The van der Waals surface area contributed by atoms with Gasteiger partial charge in [0.2, 0.25) is 5.91 Å². The van der Waals surface area contributed by atoms with E-state index in [0.29, 0.717) is 11.7 Å². The lowest BCUT2D eigenvalue weighted by atomic mass is 10.0. The van der Waals surface area contributed by atoms with Crippen molar-refractivity contribution in [2.24, 2.45) is 0 Å². The second-order valence-electron chi connectivity index (χ2n) is 7.71. The molecule has 0 atom stereocenters. The molecule has 0 aliphatic heterocycles. The number of benzene rings is 1. The summed E-state index contributed by atoms with van der Waals surface area (Å²) in [5.74, 6) is 1.59. The number of carbonyl (C=O) groups is 1. The molecule has 0 saturated carbocycles. The number of nitrogens with zero attached hydrogens (tertiary/aromatic N) is 3. The van der Waals surface area contributed by atoms with Crippen LogP contribution in [0, 0.1) is 13.8 Å². The van der Waals surface area contributed by atoms with Crippen LogP contribution in [0.4, 0.5) is 5.69 Å². The Morgan fingerprint density at radius 1 is 1.14 bits per heavy atom. The lowest BCUT2D eigenvalue weighted by molar-refractivity contribution is -0.113. The van der Waals surface area contributed by atoms with E-state index < -0.39 is 0 Å². The van der Waals surface area contributed by atoms with Gasteiger partial charge in [-0.1, -0.05) is 37.7 Å². The van der Waals surface area contributed by atoms with Crippen LogP contribution in [0.25, 0.3) is 11.4 Å². The summed E-state index contributed by atoms with van der Waals surface area (Å²) in [6.07, 6.45) is 0. The van der Waals surface area contributed by atoms with Gasteiger partial charge in [0.1, 0.15) is 0 Å². The highest BCUT2D eigenvalue weighted by Crippen LogP contribution is 2.33. The monoisotopic (exact) mass is 428 g/mol. The average molecular weight is 429 g/mol. The van der Waals surface area contributed by atoms with Gasteiger partial charge in [-0.2, -0.15) is 0 Å². The summed E-state index contributed by atoms with van der Waals surface area (Å²) in [6.45, 7) is 12.8. The summed E-state index contributed by atoms with van der Waals surface area (Å²) in [5.41, 5.74) is 4.43. The topological polar surface area (TPSA) is 59.8 Å². The molecular weight excluding hydrogens is 400 g/mol. The number of aromatic nitrogens is 3. The van der Waals surface area contributed by atoms with Crippen LogP contribution in [0.15, 0.2) is 34.8 Å². The molecule has 3 aromatic rings. The standard InChI is InChI=1S/C22H28N4OS2/c1-13(2)17-7-9-18(10-8-17)23-20(27)12-29-22-25-24-21(26(22)14(3)4)19-11-28-16(6)15(19)5/h7-11,13-14H,12H2,1-6H3,(H,23,27). The van der Waals surface area contributed by atoms with Gasteiger partial charge in [0, 0.05) is 27.5 Å². The van der Waals surface area contributed by atoms with Crippen molar-refractivity contribution in [3.63, 3.8) is 0 Å². The molecule has 0 aliphatic carbocycles. The van der Waals surface area contributed by atoms with Crippen molar-refractivity contribution in [1.29, 1.82) is 0 Å². The number of hydrogen-bond acceptors (Lipinski definition) is 5. The first-order valence-electron chi connectivity index (χ1n) is 9.80. The van der Waals surface area contributed by atoms with Gasteiger partial charge in [-0.25, -0.2) is 0 Å². The van der Waals surface area contributed by atoms with E-state index in [-0.39, 0.29) is 11.9 Å². The van der Waals surface area contributed by atoms with Crippen LogP contribution in [-0.2, 0) is 4.79 Å². The van der Waals surface area contributed by atoms with E-state index in [0.717, 1.165) is 22.2 Å². The molecule has 154 valence electrons. The molecule has 0 spiro atoms. The van der Waals surface area contributed by atoms with E-state index in [1.165, 1.54) is 27.8 Å². The van der Waals surface area contributed by atoms with Crippen molar-refractivity contribution >= 4 is 34.7 Å². The van der Waals surface area contributed by atoms with Crippen LogP contribution in [-0.4, -0.2) is 26.4 Å². The van der Waals surface area contributed by atoms with E-state index in [9.17, 15) is 4.79 Å². The third-order valence-electron chi connectivity index (χ3n) is 4.90. The minimum atomic E-state index is -0.0466. The van der Waals surface area contributed by atoms with Crippen LogP contribution in [0.1, 0.15) is 55.7 Å². The maximum absolute atomic E-state index is 12.4. The van der Waals surface area contributed by atoms with Crippen molar-refractivity contribution < 1.29 is 4.79 Å². The summed E-state index contributed by atoms with van der Waals surface area (Å²) in [6, 6.07) is 8.22. The predicted octanol–water partition coefficient (Wildman–Crippen LogP) is 6.06. The Kier molecular flexibility index (Phi) is 6.80. The molecule has 5 nitrogen and oxygen atoms in total. The minimum Gasteiger partial charge on any atom is -0.325 e. The van der Waals surface area contributed by atoms with Crippen LogP contribution in [0.5, 0.6) is 0 Å². The summed E-state index contributed by atoms with van der Waals surface area (Å²) in [7, 11) is 0. The molecule has 0 fully saturated rings. The fraction of sp³-hybridized carbons (Fsp3) is 0.409. The SMILES string of the molecule is Cc1scc(-c2nnc(SCC(=O)Nc3ccc(C(C)C)cc3)n2C(C)C)c1C. The van der Waals surface area contributed by atoms with Crippen molar-refractivity contribution in [1.82, 2.24) is 14.8 Å². The van der Waals surface area contributed by atoms with Gasteiger partial charge in [0.15, 0.2) is 11.0 Å². The predicted molar refractivity (Wildman–Crippen MR) is 123 cm³/mol. The molecule has 0 bridgehead atoms. The second kappa shape index (κ2) is 9.13. The highest BCUT2D eigenvalue weighted by atomic mass is 32.2. The smallest absolute Gasteiger partial charge is 0.234 e.